The first-order valence-electron chi connectivity index (χ1n) is 8.50. The van der Waals surface area contributed by atoms with E-state index in [1.807, 2.05) is 0 Å². The van der Waals surface area contributed by atoms with Gasteiger partial charge in [-0.15, -0.1) is 0 Å². The van der Waals surface area contributed by atoms with E-state index in [1.165, 1.54) is 38.1 Å². The molecule has 2 rings (SSSR count). The average molecular weight is 383 g/mol. The Morgan fingerprint density at radius 3 is 2.27 bits per heavy atom. The zero-order chi connectivity index (χ0) is 19.4. The number of aliphatic hydroxyl groups excluding tert-OH is 1. The van der Waals surface area contributed by atoms with Crippen molar-refractivity contribution in [3.05, 3.63) is 24.3 Å². The molecule has 1 aliphatic carbocycles. The second kappa shape index (κ2) is 8.15. The fraction of sp³-hybridized carbons (Fsp3) is 0.529. The Morgan fingerprint density at radius 1 is 1.19 bits per heavy atom. The van der Waals surface area contributed by atoms with Crippen molar-refractivity contribution in [1.82, 2.24) is 10.0 Å². The molecular weight excluding hydrogens is 358 g/mol. The van der Waals surface area contributed by atoms with Crippen LogP contribution in [0.15, 0.2) is 29.2 Å². The van der Waals surface area contributed by atoms with Crippen LogP contribution >= 0.6 is 0 Å². The van der Waals surface area contributed by atoms with Crippen LogP contribution in [0, 0.1) is 0 Å². The summed E-state index contributed by atoms with van der Waals surface area (Å²) in [6.07, 6.45) is 3.20. The predicted octanol–water partition coefficient (Wildman–Crippen LogP) is 0.733. The van der Waals surface area contributed by atoms with Crippen LogP contribution < -0.4 is 15.4 Å². The number of sulfonamides is 1. The van der Waals surface area contributed by atoms with Gasteiger partial charge in [0.15, 0.2) is 0 Å². The van der Waals surface area contributed by atoms with Crippen molar-refractivity contribution >= 4 is 27.5 Å². The maximum absolute atomic E-state index is 12.4. The van der Waals surface area contributed by atoms with Crippen molar-refractivity contribution in [2.75, 3.05) is 11.9 Å². The van der Waals surface area contributed by atoms with Crippen molar-refractivity contribution in [1.29, 1.82) is 0 Å². The molecule has 1 saturated carbocycles. The van der Waals surface area contributed by atoms with E-state index in [4.69, 9.17) is 0 Å². The molecule has 1 aliphatic rings. The van der Waals surface area contributed by atoms with Crippen molar-refractivity contribution in [3.8, 4) is 0 Å². The molecule has 144 valence electrons. The maximum atomic E-state index is 12.4. The minimum Gasteiger partial charge on any atom is -0.394 e. The van der Waals surface area contributed by atoms with Crippen LogP contribution in [0.2, 0.25) is 0 Å². The zero-order valence-electron chi connectivity index (χ0n) is 14.9. The standard InChI is InChI=1S/C17H25N3O5S/c1-12(16(23)19-17(11-21)9-3-4-10-17)20-26(24,25)15-7-5-14(6-8-15)18-13(2)22/h5-8,12,20-21H,3-4,9-11H2,1-2H3,(H,18,22)(H,19,23)/t12-/m0/s1. The van der Waals surface area contributed by atoms with Gasteiger partial charge in [0.05, 0.1) is 23.1 Å². The monoisotopic (exact) mass is 383 g/mol. The van der Waals surface area contributed by atoms with Gasteiger partial charge in [-0.05, 0) is 44.0 Å². The van der Waals surface area contributed by atoms with Gasteiger partial charge in [0.2, 0.25) is 21.8 Å². The van der Waals surface area contributed by atoms with E-state index in [1.54, 1.807) is 0 Å². The first-order chi connectivity index (χ1) is 12.2. The van der Waals surface area contributed by atoms with Gasteiger partial charge < -0.3 is 15.7 Å². The number of anilines is 1. The Balaban J connectivity index is 2.03. The first-order valence-corrected chi connectivity index (χ1v) is 9.99. The van der Waals surface area contributed by atoms with Crippen LogP contribution in [0.1, 0.15) is 39.5 Å². The topological polar surface area (TPSA) is 125 Å². The fourth-order valence-corrected chi connectivity index (χ4v) is 4.22. The van der Waals surface area contributed by atoms with E-state index >= 15 is 0 Å². The largest absolute Gasteiger partial charge is 0.394 e. The van der Waals surface area contributed by atoms with Crippen LogP contribution in [0.4, 0.5) is 5.69 Å². The minimum atomic E-state index is -3.90. The summed E-state index contributed by atoms with van der Waals surface area (Å²) < 4.78 is 27.2. The Kier molecular flexibility index (Phi) is 6.38. The molecule has 8 nitrogen and oxygen atoms in total. The van der Waals surface area contributed by atoms with Gasteiger partial charge >= 0.3 is 0 Å². The van der Waals surface area contributed by atoms with E-state index in [-0.39, 0.29) is 17.4 Å². The lowest BCUT2D eigenvalue weighted by Crippen LogP contribution is -2.55. The first kappa shape index (κ1) is 20.3. The molecule has 0 aromatic heterocycles. The second-order valence-corrected chi connectivity index (χ2v) is 8.40. The minimum absolute atomic E-state index is 0.0102. The van der Waals surface area contributed by atoms with Gasteiger partial charge in [-0.2, -0.15) is 4.72 Å². The van der Waals surface area contributed by atoms with Gasteiger partial charge in [-0.1, -0.05) is 12.8 Å². The molecule has 1 fully saturated rings. The molecule has 0 bridgehead atoms. The van der Waals surface area contributed by atoms with Crippen molar-refractivity contribution in [2.24, 2.45) is 0 Å². The molecule has 0 saturated heterocycles. The molecule has 1 aromatic rings. The normalized spacial score (nSPS) is 17.5. The van der Waals surface area contributed by atoms with Gasteiger partial charge in [-0.25, -0.2) is 8.42 Å². The number of benzene rings is 1. The average Bonchev–Trinajstić information content (AvgIpc) is 3.03. The van der Waals surface area contributed by atoms with E-state index < -0.39 is 27.5 Å². The molecular formula is C17H25N3O5S. The molecule has 0 radical (unpaired) electrons. The van der Waals surface area contributed by atoms with Crippen molar-refractivity contribution in [3.63, 3.8) is 0 Å². The molecule has 0 heterocycles. The Bertz CT molecular complexity index is 755. The fourth-order valence-electron chi connectivity index (χ4n) is 3.02. The highest BCUT2D eigenvalue weighted by molar-refractivity contribution is 7.89. The summed E-state index contributed by atoms with van der Waals surface area (Å²) in [5.41, 5.74) is -0.176. The molecule has 0 spiro atoms. The Morgan fingerprint density at radius 2 is 1.77 bits per heavy atom. The number of nitrogens with one attached hydrogen (secondary N) is 3. The quantitative estimate of drug-likeness (QED) is 0.553. The van der Waals surface area contributed by atoms with Gasteiger partial charge in [-0.3, -0.25) is 9.59 Å². The number of carbonyl (C=O) groups is 2. The third-order valence-corrected chi connectivity index (χ3v) is 6.02. The van der Waals surface area contributed by atoms with E-state index in [2.05, 4.69) is 15.4 Å². The molecule has 9 heteroatoms. The summed E-state index contributed by atoms with van der Waals surface area (Å²) in [6, 6.07) is 4.66. The van der Waals surface area contributed by atoms with Crippen LogP contribution in [0.3, 0.4) is 0 Å². The smallest absolute Gasteiger partial charge is 0.241 e. The van der Waals surface area contributed by atoms with Crippen molar-refractivity contribution < 1.29 is 23.1 Å². The van der Waals surface area contributed by atoms with Gasteiger partial charge in [0.1, 0.15) is 0 Å². The number of carbonyl (C=O) groups excluding carboxylic acids is 2. The number of aliphatic hydroxyl groups is 1. The second-order valence-electron chi connectivity index (χ2n) is 6.68. The molecule has 4 N–H and O–H groups in total. The van der Waals surface area contributed by atoms with E-state index in [0.29, 0.717) is 18.5 Å². The summed E-state index contributed by atoms with van der Waals surface area (Å²) in [4.78, 5) is 23.3. The summed E-state index contributed by atoms with van der Waals surface area (Å²) in [5, 5.41) is 14.9. The number of hydrogen-bond acceptors (Lipinski definition) is 5. The SMILES string of the molecule is CC(=O)Nc1ccc(S(=O)(=O)N[C@@H](C)C(=O)NC2(CO)CCCC2)cc1. The lowest BCUT2D eigenvalue weighted by atomic mass is 9.98. The summed E-state index contributed by atoms with van der Waals surface area (Å²) in [5.74, 6) is -0.729. The lowest BCUT2D eigenvalue weighted by molar-refractivity contribution is -0.124. The van der Waals surface area contributed by atoms with Crippen molar-refractivity contribution in [2.45, 2.75) is 56.0 Å². The summed E-state index contributed by atoms with van der Waals surface area (Å²) in [7, 11) is -3.90. The van der Waals surface area contributed by atoms with E-state index in [9.17, 15) is 23.1 Å². The Labute approximate surface area is 153 Å². The highest BCUT2D eigenvalue weighted by Crippen LogP contribution is 2.29. The molecule has 26 heavy (non-hydrogen) atoms. The number of amides is 2. The lowest BCUT2D eigenvalue weighted by Gasteiger charge is -2.29. The molecule has 1 aromatic carbocycles. The highest BCUT2D eigenvalue weighted by Gasteiger charge is 2.36. The van der Waals surface area contributed by atoms with Gasteiger partial charge in [0.25, 0.3) is 0 Å². The molecule has 1 atom stereocenters. The van der Waals surface area contributed by atoms with E-state index in [0.717, 1.165) is 12.8 Å². The molecule has 0 aliphatic heterocycles. The predicted molar refractivity (Wildman–Crippen MR) is 97.0 cm³/mol. The Hall–Kier alpha value is -1.97. The van der Waals surface area contributed by atoms with Gasteiger partial charge in [0, 0.05) is 12.6 Å². The maximum Gasteiger partial charge on any atom is 0.241 e. The third kappa shape index (κ3) is 5.03. The highest BCUT2D eigenvalue weighted by atomic mass is 32.2. The third-order valence-electron chi connectivity index (χ3n) is 4.46. The molecule has 2 amide bonds. The summed E-state index contributed by atoms with van der Waals surface area (Å²) >= 11 is 0. The van der Waals surface area contributed by atoms with Crippen LogP contribution in [0.25, 0.3) is 0 Å². The van der Waals surface area contributed by atoms with Crippen LogP contribution in [-0.4, -0.2) is 43.5 Å². The zero-order valence-corrected chi connectivity index (χ0v) is 15.7. The summed E-state index contributed by atoms with van der Waals surface area (Å²) in [6.45, 7) is 2.65. The number of rotatable bonds is 7. The molecule has 0 unspecified atom stereocenters. The van der Waals surface area contributed by atoms with Crippen LogP contribution in [-0.2, 0) is 19.6 Å². The number of hydrogen-bond donors (Lipinski definition) is 4. The van der Waals surface area contributed by atoms with Crippen LogP contribution in [0.5, 0.6) is 0 Å².